The molecule has 0 aliphatic rings. The average Bonchev–Trinajstić information content (AvgIpc) is 2.41. The highest BCUT2D eigenvalue weighted by atomic mass is 16.5. The molecule has 18 heavy (non-hydrogen) atoms. The van der Waals surface area contributed by atoms with Gasteiger partial charge in [-0.1, -0.05) is 0 Å². The molecule has 0 saturated heterocycles. The predicted molar refractivity (Wildman–Crippen MR) is 70.1 cm³/mol. The van der Waals surface area contributed by atoms with E-state index in [4.69, 9.17) is 19.7 Å². The first-order valence-electron chi connectivity index (χ1n) is 6.44. The minimum absolute atomic E-state index is 0.212. The van der Waals surface area contributed by atoms with Crippen LogP contribution in [-0.2, 0) is 0 Å². The Morgan fingerprint density at radius 1 is 0.667 bits per heavy atom. The number of unbranched alkanes of at least 4 members (excludes halogenated alkanes) is 2. The van der Waals surface area contributed by atoms with Crippen molar-refractivity contribution < 1.29 is 19.7 Å². The number of benzene rings is 1. The maximum Gasteiger partial charge on any atom is 0.119 e. The molecule has 1 aromatic carbocycles. The normalized spacial score (nSPS) is 10.3. The molecule has 2 N–H and O–H groups in total. The van der Waals surface area contributed by atoms with Crippen LogP contribution >= 0.6 is 0 Å². The minimum Gasteiger partial charge on any atom is -0.494 e. The zero-order valence-corrected chi connectivity index (χ0v) is 10.7. The molecule has 102 valence electrons. The summed E-state index contributed by atoms with van der Waals surface area (Å²) in [6, 6.07) is 7.50. The SMILES string of the molecule is OCCCCOc1ccc(OCCCCO)cc1. The summed E-state index contributed by atoms with van der Waals surface area (Å²) < 4.78 is 11.0. The Balaban J connectivity index is 2.20. The number of hydrogen-bond acceptors (Lipinski definition) is 4. The number of aliphatic hydroxyl groups excluding tert-OH is 2. The van der Waals surface area contributed by atoms with Gasteiger partial charge in [-0.2, -0.15) is 0 Å². The van der Waals surface area contributed by atoms with Crippen LogP contribution in [0.3, 0.4) is 0 Å². The zero-order chi connectivity index (χ0) is 13.1. The van der Waals surface area contributed by atoms with Gasteiger partial charge in [0.1, 0.15) is 11.5 Å². The smallest absolute Gasteiger partial charge is 0.119 e. The summed E-state index contributed by atoms with van der Waals surface area (Å²) >= 11 is 0. The molecule has 1 aromatic rings. The zero-order valence-electron chi connectivity index (χ0n) is 10.7. The van der Waals surface area contributed by atoms with Crippen molar-refractivity contribution in [2.75, 3.05) is 26.4 Å². The van der Waals surface area contributed by atoms with Crippen LogP contribution < -0.4 is 9.47 Å². The summed E-state index contributed by atoms with van der Waals surface area (Å²) in [7, 11) is 0. The molecule has 0 aromatic heterocycles. The highest BCUT2D eigenvalue weighted by Crippen LogP contribution is 2.18. The lowest BCUT2D eigenvalue weighted by molar-refractivity contribution is 0.250. The fourth-order valence-electron chi connectivity index (χ4n) is 1.44. The van der Waals surface area contributed by atoms with Crippen molar-refractivity contribution in [1.29, 1.82) is 0 Å². The molecular formula is C14H22O4. The van der Waals surface area contributed by atoms with Gasteiger partial charge in [-0.3, -0.25) is 0 Å². The molecule has 0 atom stereocenters. The van der Waals surface area contributed by atoms with Crippen molar-refractivity contribution in [1.82, 2.24) is 0 Å². The lowest BCUT2D eigenvalue weighted by Crippen LogP contribution is -2.00. The van der Waals surface area contributed by atoms with Gasteiger partial charge in [0, 0.05) is 13.2 Å². The molecule has 0 fully saturated rings. The molecule has 0 spiro atoms. The van der Waals surface area contributed by atoms with E-state index in [9.17, 15) is 0 Å². The molecule has 0 amide bonds. The Morgan fingerprint density at radius 2 is 1.06 bits per heavy atom. The van der Waals surface area contributed by atoms with Gasteiger partial charge in [0.25, 0.3) is 0 Å². The van der Waals surface area contributed by atoms with Gasteiger partial charge in [0.2, 0.25) is 0 Å². The second kappa shape index (κ2) is 9.74. The van der Waals surface area contributed by atoms with Gasteiger partial charge in [-0.25, -0.2) is 0 Å². The van der Waals surface area contributed by atoms with E-state index in [2.05, 4.69) is 0 Å². The first-order valence-corrected chi connectivity index (χ1v) is 6.44. The van der Waals surface area contributed by atoms with Gasteiger partial charge >= 0.3 is 0 Å². The van der Waals surface area contributed by atoms with Crippen LogP contribution in [0.5, 0.6) is 11.5 Å². The van der Waals surface area contributed by atoms with E-state index in [0.29, 0.717) is 13.2 Å². The minimum atomic E-state index is 0.212. The van der Waals surface area contributed by atoms with E-state index in [1.807, 2.05) is 24.3 Å². The summed E-state index contributed by atoms with van der Waals surface area (Å²) in [5.74, 6) is 1.63. The van der Waals surface area contributed by atoms with Crippen LogP contribution in [0.1, 0.15) is 25.7 Å². The molecule has 0 saturated carbocycles. The highest BCUT2D eigenvalue weighted by molar-refractivity contribution is 5.31. The summed E-state index contributed by atoms with van der Waals surface area (Å²) in [5, 5.41) is 17.3. The van der Waals surface area contributed by atoms with Gasteiger partial charge in [0.05, 0.1) is 13.2 Å². The Labute approximate surface area is 108 Å². The van der Waals surface area contributed by atoms with Gasteiger partial charge in [-0.05, 0) is 49.9 Å². The van der Waals surface area contributed by atoms with Crippen LogP contribution in [0.4, 0.5) is 0 Å². The Hall–Kier alpha value is -1.26. The monoisotopic (exact) mass is 254 g/mol. The Morgan fingerprint density at radius 3 is 1.39 bits per heavy atom. The highest BCUT2D eigenvalue weighted by Gasteiger charge is 1.96. The van der Waals surface area contributed by atoms with E-state index in [0.717, 1.165) is 37.2 Å². The molecule has 4 heteroatoms. The molecule has 0 aliphatic carbocycles. The van der Waals surface area contributed by atoms with Gasteiger partial charge in [-0.15, -0.1) is 0 Å². The van der Waals surface area contributed by atoms with E-state index >= 15 is 0 Å². The number of hydrogen-bond donors (Lipinski definition) is 2. The summed E-state index contributed by atoms with van der Waals surface area (Å²) in [6.07, 6.45) is 3.25. The number of aliphatic hydroxyl groups is 2. The molecule has 0 radical (unpaired) electrons. The van der Waals surface area contributed by atoms with Crippen LogP contribution in [0.2, 0.25) is 0 Å². The largest absolute Gasteiger partial charge is 0.494 e. The third-order valence-electron chi connectivity index (χ3n) is 2.47. The summed E-state index contributed by atoms with van der Waals surface area (Å²) in [6.45, 7) is 1.67. The van der Waals surface area contributed by atoms with E-state index in [1.165, 1.54) is 0 Å². The number of rotatable bonds is 10. The van der Waals surface area contributed by atoms with Gasteiger partial charge < -0.3 is 19.7 Å². The fraction of sp³-hybridized carbons (Fsp3) is 0.571. The third kappa shape index (κ3) is 6.47. The lowest BCUT2D eigenvalue weighted by atomic mass is 10.3. The van der Waals surface area contributed by atoms with E-state index in [-0.39, 0.29) is 13.2 Å². The first-order chi connectivity index (χ1) is 8.86. The first kappa shape index (κ1) is 14.8. The molecule has 0 bridgehead atoms. The number of ether oxygens (including phenoxy) is 2. The van der Waals surface area contributed by atoms with Crippen molar-refractivity contribution in [3.05, 3.63) is 24.3 Å². The van der Waals surface area contributed by atoms with E-state index < -0.39 is 0 Å². The molecule has 1 rings (SSSR count). The van der Waals surface area contributed by atoms with Crippen LogP contribution in [0.25, 0.3) is 0 Å². The Kier molecular flexibility index (Phi) is 8.01. The summed E-state index contributed by atoms with van der Waals surface area (Å²) in [4.78, 5) is 0. The van der Waals surface area contributed by atoms with Crippen molar-refractivity contribution >= 4 is 0 Å². The molecule has 0 unspecified atom stereocenters. The van der Waals surface area contributed by atoms with Crippen molar-refractivity contribution in [3.8, 4) is 11.5 Å². The standard InChI is InChI=1S/C14H22O4/c15-9-1-3-11-17-13-5-7-14(8-6-13)18-12-4-2-10-16/h5-8,15-16H,1-4,9-12H2. The fourth-order valence-corrected chi connectivity index (χ4v) is 1.44. The Bertz CT molecular complexity index is 266. The second-order valence-electron chi connectivity index (χ2n) is 4.03. The second-order valence-corrected chi connectivity index (χ2v) is 4.03. The van der Waals surface area contributed by atoms with Crippen molar-refractivity contribution in [2.24, 2.45) is 0 Å². The predicted octanol–water partition coefficient (Wildman–Crippen LogP) is 1.99. The van der Waals surface area contributed by atoms with E-state index in [1.54, 1.807) is 0 Å². The lowest BCUT2D eigenvalue weighted by Gasteiger charge is -2.08. The quantitative estimate of drug-likeness (QED) is 0.627. The van der Waals surface area contributed by atoms with Crippen LogP contribution in [0.15, 0.2) is 24.3 Å². The molecule has 0 aliphatic heterocycles. The van der Waals surface area contributed by atoms with Crippen molar-refractivity contribution in [3.63, 3.8) is 0 Å². The maximum absolute atomic E-state index is 8.63. The third-order valence-corrected chi connectivity index (χ3v) is 2.47. The topological polar surface area (TPSA) is 58.9 Å². The van der Waals surface area contributed by atoms with Crippen molar-refractivity contribution in [2.45, 2.75) is 25.7 Å². The average molecular weight is 254 g/mol. The molecular weight excluding hydrogens is 232 g/mol. The van der Waals surface area contributed by atoms with Gasteiger partial charge in [0.15, 0.2) is 0 Å². The molecule has 0 heterocycles. The van der Waals surface area contributed by atoms with Crippen LogP contribution in [0, 0.1) is 0 Å². The maximum atomic E-state index is 8.63. The van der Waals surface area contributed by atoms with Crippen LogP contribution in [-0.4, -0.2) is 36.6 Å². The molecule has 4 nitrogen and oxygen atoms in total. The summed E-state index contributed by atoms with van der Waals surface area (Å²) in [5.41, 5.74) is 0.